The molecule has 1 fully saturated rings. The topological polar surface area (TPSA) is 67.0 Å². The van der Waals surface area contributed by atoms with Crippen LogP contribution in [0, 0.1) is 12.8 Å². The number of ether oxygens (including phenoxy) is 1. The van der Waals surface area contributed by atoms with E-state index in [0.29, 0.717) is 12.3 Å². The molecule has 1 aliphatic heterocycles. The molecule has 0 aliphatic carbocycles. The smallest absolute Gasteiger partial charge is 0.224 e. The molecule has 1 aromatic heterocycles. The molecule has 5 heteroatoms. The Balaban J connectivity index is 1.50. The largest absolute Gasteiger partial charge is 0.381 e. The highest BCUT2D eigenvalue weighted by Gasteiger charge is 2.15. The minimum atomic E-state index is 0.0736. The predicted octanol–water partition coefficient (Wildman–Crippen LogP) is 1.96. The van der Waals surface area contributed by atoms with Gasteiger partial charge in [0.2, 0.25) is 5.91 Å². The number of aryl methyl sites for hydroxylation is 1. The van der Waals surface area contributed by atoms with E-state index in [1.807, 2.05) is 25.1 Å². The normalized spacial score (nSPS) is 18.2. The predicted molar refractivity (Wildman–Crippen MR) is 81.1 cm³/mol. The van der Waals surface area contributed by atoms with Crippen molar-refractivity contribution in [3.05, 3.63) is 29.6 Å². The molecule has 0 saturated carbocycles. The lowest BCUT2D eigenvalue weighted by molar-refractivity contribution is -0.120. The molecule has 0 radical (unpaired) electrons. The Hall–Kier alpha value is -1.88. The zero-order valence-corrected chi connectivity index (χ0v) is 12.3. The van der Waals surface area contributed by atoms with Crippen molar-refractivity contribution in [1.82, 2.24) is 15.3 Å². The van der Waals surface area contributed by atoms with Gasteiger partial charge in [-0.15, -0.1) is 0 Å². The molecule has 112 valence electrons. The number of carbonyl (C=O) groups is 1. The number of rotatable bonds is 5. The standard InChI is InChI=1S/C16H21N3O2/c1-11-18-14-3-2-13(8-15(14)19-11)9-16(20)17-6-4-12-5-7-21-10-12/h2-3,8,12H,4-7,9-10H2,1H3,(H,17,20)(H,18,19)/t12-/m1/s1. The number of hydrogen-bond donors (Lipinski definition) is 2. The van der Waals surface area contributed by atoms with Gasteiger partial charge in [-0.1, -0.05) is 6.07 Å². The second-order valence-corrected chi connectivity index (χ2v) is 5.72. The number of imidazole rings is 1. The summed E-state index contributed by atoms with van der Waals surface area (Å²) in [7, 11) is 0. The first-order chi connectivity index (χ1) is 10.2. The molecule has 21 heavy (non-hydrogen) atoms. The van der Waals surface area contributed by atoms with Crippen LogP contribution in [0.5, 0.6) is 0 Å². The van der Waals surface area contributed by atoms with Crippen LogP contribution >= 0.6 is 0 Å². The summed E-state index contributed by atoms with van der Waals surface area (Å²) in [6, 6.07) is 5.92. The Morgan fingerprint density at radius 3 is 3.24 bits per heavy atom. The van der Waals surface area contributed by atoms with Gasteiger partial charge in [-0.3, -0.25) is 4.79 Å². The fraction of sp³-hybridized carbons (Fsp3) is 0.500. The molecule has 0 unspecified atom stereocenters. The Kier molecular flexibility index (Phi) is 4.20. The quantitative estimate of drug-likeness (QED) is 0.883. The fourth-order valence-corrected chi connectivity index (χ4v) is 2.77. The van der Waals surface area contributed by atoms with Gasteiger partial charge in [-0.25, -0.2) is 4.98 Å². The molecular formula is C16H21N3O2. The van der Waals surface area contributed by atoms with Crippen molar-refractivity contribution in [2.75, 3.05) is 19.8 Å². The maximum atomic E-state index is 12.0. The molecule has 0 spiro atoms. The number of nitrogens with one attached hydrogen (secondary N) is 2. The van der Waals surface area contributed by atoms with Crippen LogP contribution < -0.4 is 5.32 Å². The minimum Gasteiger partial charge on any atom is -0.381 e. The van der Waals surface area contributed by atoms with E-state index < -0.39 is 0 Å². The van der Waals surface area contributed by atoms with Crippen molar-refractivity contribution in [2.24, 2.45) is 5.92 Å². The third-order valence-electron chi connectivity index (χ3n) is 3.93. The van der Waals surface area contributed by atoms with Crippen molar-refractivity contribution in [3.8, 4) is 0 Å². The number of hydrogen-bond acceptors (Lipinski definition) is 3. The Morgan fingerprint density at radius 1 is 1.52 bits per heavy atom. The molecule has 1 amide bonds. The van der Waals surface area contributed by atoms with E-state index in [0.717, 1.165) is 55.0 Å². The van der Waals surface area contributed by atoms with Crippen LogP contribution in [0.25, 0.3) is 11.0 Å². The lowest BCUT2D eigenvalue weighted by atomic mass is 10.1. The van der Waals surface area contributed by atoms with E-state index in [1.54, 1.807) is 0 Å². The fourth-order valence-electron chi connectivity index (χ4n) is 2.77. The highest BCUT2D eigenvalue weighted by molar-refractivity contribution is 5.81. The lowest BCUT2D eigenvalue weighted by Crippen LogP contribution is -2.27. The SMILES string of the molecule is Cc1nc2ccc(CC(=O)NCC[C@@H]3CCOC3)cc2[nH]1. The summed E-state index contributed by atoms with van der Waals surface area (Å²) in [5, 5.41) is 2.99. The summed E-state index contributed by atoms with van der Waals surface area (Å²) in [5.41, 5.74) is 2.94. The van der Waals surface area contributed by atoms with Gasteiger partial charge in [0.15, 0.2) is 0 Å². The average Bonchev–Trinajstić information content (AvgIpc) is 3.06. The molecule has 1 aromatic carbocycles. The molecule has 1 aliphatic rings. The number of carbonyl (C=O) groups excluding carboxylic acids is 1. The number of fused-ring (bicyclic) bond motifs is 1. The zero-order valence-electron chi connectivity index (χ0n) is 12.3. The molecule has 2 aromatic rings. The summed E-state index contributed by atoms with van der Waals surface area (Å²) in [6.07, 6.45) is 2.53. The van der Waals surface area contributed by atoms with Crippen LogP contribution in [0.1, 0.15) is 24.2 Å². The summed E-state index contributed by atoms with van der Waals surface area (Å²) in [4.78, 5) is 19.5. The van der Waals surface area contributed by atoms with Crippen LogP contribution in [0.4, 0.5) is 0 Å². The molecule has 2 N–H and O–H groups in total. The van der Waals surface area contributed by atoms with Gasteiger partial charge in [0.05, 0.1) is 17.5 Å². The second-order valence-electron chi connectivity index (χ2n) is 5.72. The first-order valence-electron chi connectivity index (χ1n) is 7.50. The highest BCUT2D eigenvalue weighted by atomic mass is 16.5. The Morgan fingerprint density at radius 2 is 2.43 bits per heavy atom. The van der Waals surface area contributed by atoms with Crippen molar-refractivity contribution < 1.29 is 9.53 Å². The zero-order chi connectivity index (χ0) is 14.7. The number of aromatic nitrogens is 2. The highest BCUT2D eigenvalue weighted by Crippen LogP contribution is 2.16. The van der Waals surface area contributed by atoms with E-state index in [9.17, 15) is 4.79 Å². The van der Waals surface area contributed by atoms with Gasteiger partial charge < -0.3 is 15.0 Å². The number of nitrogens with zero attached hydrogens (tertiary/aromatic N) is 1. The van der Waals surface area contributed by atoms with E-state index in [4.69, 9.17) is 4.74 Å². The summed E-state index contributed by atoms with van der Waals surface area (Å²) < 4.78 is 5.33. The molecule has 1 saturated heterocycles. The number of benzene rings is 1. The van der Waals surface area contributed by atoms with E-state index in [2.05, 4.69) is 15.3 Å². The second kappa shape index (κ2) is 6.26. The van der Waals surface area contributed by atoms with Crippen LogP contribution in [0.2, 0.25) is 0 Å². The lowest BCUT2D eigenvalue weighted by Gasteiger charge is -2.08. The van der Waals surface area contributed by atoms with Crippen molar-refractivity contribution >= 4 is 16.9 Å². The van der Waals surface area contributed by atoms with Crippen molar-refractivity contribution in [1.29, 1.82) is 0 Å². The average molecular weight is 287 g/mol. The summed E-state index contributed by atoms with van der Waals surface area (Å²) >= 11 is 0. The van der Waals surface area contributed by atoms with E-state index in [1.165, 1.54) is 0 Å². The third-order valence-corrected chi connectivity index (χ3v) is 3.93. The molecule has 3 rings (SSSR count). The van der Waals surface area contributed by atoms with E-state index >= 15 is 0 Å². The van der Waals surface area contributed by atoms with Crippen LogP contribution in [-0.2, 0) is 16.0 Å². The summed E-state index contributed by atoms with van der Waals surface area (Å²) in [6.45, 7) is 4.37. The van der Waals surface area contributed by atoms with Gasteiger partial charge in [-0.2, -0.15) is 0 Å². The molecule has 2 heterocycles. The van der Waals surface area contributed by atoms with Gasteiger partial charge in [0.1, 0.15) is 5.82 Å². The number of H-pyrrole nitrogens is 1. The Labute approximate surface area is 124 Å². The van der Waals surface area contributed by atoms with Crippen LogP contribution in [0.15, 0.2) is 18.2 Å². The maximum Gasteiger partial charge on any atom is 0.224 e. The number of amides is 1. The van der Waals surface area contributed by atoms with Crippen molar-refractivity contribution in [3.63, 3.8) is 0 Å². The minimum absolute atomic E-state index is 0.0736. The third kappa shape index (κ3) is 3.61. The van der Waals surface area contributed by atoms with Gasteiger partial charge in [0, 0.05) is 19.8 Å². The first-order valence-corrected chi connectivity index (χ1v) is 7.50. The van der Waals surface area contributed by atoms with Gasteiger partial charge >= 0.3 is 0 Å². The number of aromatic amines is 1. The van der Waals surface area contributed by atoms with E-state index in [-0.39, 0.29) is 5.91 Å². The first kappa shape index (κ1) is 14.1. The summed E-state index contributed by atoms with van der Waals surface area (Å²) in [5.74, 6) is 1.57. The monoisotopic (exact) mass is 287 g/mol. The van der Waals surface area contributed by atoms with Gasteiger partial charge in [-0.05, 0) is 43.4 Å². The van der Waals surface area contributed by atoms with Crippen LogP contribution in [0.3, 0.4) is 0 Å². The molecule has 1 atom stereocenters. The maximum absolute atomic E-state index is 12.0. The van der Waals surface area contributed by atoms with Crippen molar-refractivity contribution in [2.45, 2.75) is 26.2 Å². The Bertz CT molecular complexity index is 629. The van der Waals surface area contributed by atoms with Crippen LogP contribution in [-0.4, -0.2) is 35.6 Å². The molecular weight excluding hydrogens is 266 g/mol. The van der Waals surface area contributed by atoms with Gasteiger partial charge in [0.25, 0.3) is 0 Å². The molecule has 5 nitrogen and oxygen atoms in total. The molecule has 0 bridgehead atoms.